The van der Waals surface area contributed by atoms with Crippen LogP contribution in [0.1, 0.15) is 13.3 Å². The van der Waals surface area contributed by atoms with E-state index < -0.39 is 9.84 Å². The maximum Gasteiger partial charge on any atom is 0.227 e. The highest BCUT2D eigenvalue weighted by Gasteiger charge is 2.39. The molecule has 2 rings (SSSR count). The van der Waals surface area contributed by atoms with Crippen LogP contribution in [0.15, 0.2) is 29.2 Å². The number of amides is 1. The lowest BCUT2D eigenvalue weighted by atomic mass is 10.3. The molecule has 5 heteroatoms. The van der Waals surface area contributed by atoms with Crippen molar-refractivity contribution in [3.8, 4) is 0 Å². The fraction of sp³-hybridized carbons (Fsp3) is 0.417. The first-order valence-electron chi connectivity index (χ1n) is 5.49. The monoisotopic (exact) mass is 253 g/mol. The van der Waals surface area contributed by atoms with Gasteiger partial charge in [0.15, 0.2) is 9.84 Å². The first kappa shape index (κ1) is 12.1. The number of benzene rings is 1. The van der Waals surface area contributed by atoms with Crippen molar-refractivity contribution < 1.29 is 13.2 Å². The Morgan fingerprint density at radius 3 is 2.59 bits per heavy atom. The van der Waals surface area contributed by atoms with Crippen molar-refractivity contribution in [2.24, 2.45) is 11.8 Å². The van der Waals surface area contributed by atoms with Crippen molar-refractivity contribution in [2.75, 3.05) is 11.6 Å². The average Bonchev–Trinajstić information content (AvgIpc) is 2.95. The topological polar surface area (TPSA) is 63.2 Å². The number of anilines is 1. The summed E-state index contributed by atoms with van der Waals surface area (Å²) in [6, 6.07) is 6.33. The van der Waals surface area contributed by atoms with Gasteiger partial charge in [0.1, 0.15) is 0 Å². The standard InChI is InChI=1S/C12H15NO3S/c1-8-6-11(8)12(14)13-9-4-3-5-10(7-9)17(2,15)16/h3-5,7-8,11H,6H2,1-2H3,(H,13,14). The largest absolute Gasteiger partial charge is 0.326 e. The molecule has 0 saturated heterocycles. The van der Waals surface area contributed by atoms with Gasteiger partial charge >= 0.3 is 0 Å². The van der Waals surface area contributed by atoms with E-state index in [-0.39, 0.29) is 16.7 Å². The van der Waals surface area contributed by atoms with Gasteiger partial charge < -0.3 is 5.32 Å². The molecule has 4 nitrogen and oxygen atoms in total. The Kier molecular flexibility index (Phi) is 2.95. The number of rotatable bonds is 3. The van der Waals surface area contributed by atoms with Crippen molar-refractivity contribution >= 4 is 21.4 Å². The number of carbonyl (C=O) groups is 1. The molecule has 92 valence electrons. The molecule has 2 atom stereocenters. The summed E-state index contributed by atoms with van der Waals surface area (Å²) < 4.78 is 22.7. The van der Waals surface area contributed by atoms with Gasteiger partial charge in [-0.15, -0.1) is 0 Å². The van der Waals surface area contributed by atoms with Gasteiger partial charge in [-0.3, -0.25) is 4.79 Å². The fourth-order valence-electron chi connectivity index (χ4n) is 1.73. The highest BCUT2D eigenvalue weighted by Crippen LogP contribution is 2.38. The van der Waals surface area contributed by atoms with Crippen LogP contribution in [0.5, 0.6) is 0 Å². The number of hydrogen-bond donors (Lipinski definition) is 1. The molecular weight excluding hydrogens is 238 g/mol. The molecule has 2 unspecified atom stereocenters. The highest BCUT2D eigenvalue weighted by molar-refractivity contribution is 7.90. The Bertz CT molecular complexity index is 551. The molecule has 1 aromatic rings. The van der Waals surface area contributed by atoms with Crippen LogP contribution in [0.2, 0.25) is 0 Å². The molecule has 1 N–H and O–H groups in total. The van der Waals surface area contributed by atoms with Crippen LogP contribution in [0.4, 0.5) is 5.69 Å². The Morgan fingerprint density at radius 2 is 2.06 bits per heavy atom. The summed E-state index contributed by atoms with van der Waals surface area (Å²) in [7, 11) is -3.23. The van der Waals surface area contributed by atoms with Crippen LogP contribution >= 0.6 is 0 Å². The third kappa shape index (κ3) is 2.85. The highest BCUT2D eigenvalue weighted by atomic mass is 32.2. The quantitative estimate of drug-likeness (QED) is 0.891. The van der Waals surface area contributed by atoms with E-state index >= 15 is 0 Å². The van der Waals surface area contributed by atoms with Gasteiger partial charge in [0.2, 0.25) is 5.91 Å². The van der Waals surface area contributed by atoms with E-state index in [1.54, 1.807) is 12.1 Å². The van der Waals surface area contributed by atoms with Crippen molar-refractivity contribution in [3.05, 3.63) is 24.3 Å². The SMILES string of the molecule is CC1CC1C(=O)Nc1cccc(S(C)(=O)=O)c1. The molecule has 0 bridgehead atoms. The van der Waals surface area contributed by atoms with Gasteiger partial charge in [0, 0.05) is 17.9 Å². The summed E-state index contributed by atoms with van der Waals surface area (Å²) in [5.74, 6) is 0.494. The molecule has 0 radical (unpaired) electrons. The zero-order chi connectivity index (χ0) is 12.6. The molecule has 1 fully saturated rings. The number of hydrogen-bond acceptors (Lipinski definition) is 3. The summed E-state index contributed by atoms with van der Waals surface area (Å²) >= 11 is 0. The fourth-order valence-corrected chi connectivity index (χ4v) is 2.39. The minimum atomic E-state index is -3.23. The Morgan fingerprint density at radius 1 is 1.41 bits per heavy atom. The van der Waals surface area contributed by atoms with E-state index in [2.05, 4.69) is 5.32 Å². The summed E-state index contributed by atoms with van der Waals surface area (Å²) in [5, 5.41) is 2.74. The van der Waals surface area contributed by atoms with Crippen LogP contribution < -0.4 is 5.32 Å². The Labute approximate surface area is 101 Å². The predicted molar refractivity (Wildman–Crippen MR) is 65.5 cm³/mol. The average molecular weight is 253 g/mol. The molecule has 1 aromatic carbocycles. The van der Waals surface area contributed by atoms with Gasteiger partial charge in [0.25, 0.3) is 0 Å². The normalized spacial score (nSPS) is 23.2. The third-order valence-electron chi connectivity index (χ3n) is 2.98. The third-order valence-corrected chi connectivity index (χ3v) is 4.09. The molecule has 0 aliphatic heterocycles. The van der Waals surface area contributed by atoms with Crippen LogP contribution in [-0.4, -0.2) is 20.6 Å². The smallest absolute Gasteiger partial charge is 0.227 e. The first-order valence-corrected chi connectivity index (χ1v) is 7.38. The summed E-state index contributed by atoms with van der Waals surface area (Å²) in [6.45, 7) is 2.02. The zero-order valence-corrected chi connectivity index (χ0v) is 10.6. The molecule has 0 aromatic heterocycles. The summed E-state index contributed by atoms with van der Waals surface area (Å²) in [6.07, 6.45) is 2.06. The van der Waals surface area contributed by atoms with Crippen LogP contribution in [-0.2, 0) is 14.6 Å². The summed E-state index contributed by atoms with van der Waals surface area (Å²) in [4.78, 5) is 11.9. The minimum Gasteiger partial charge on any atom is -0.326 e. The van der Waals surface area contributed by atoms with E-state index in [1.807, 2.05) is 6.92 Å². The molecule has 0 spiro atoms. The van der Waals surface area contributed by atoms with Gasteiger partial charge in [-0.1, -0.05) is 13.0 Å². The van der Waals surface area contributed by atoms with Gasteiger partial charge in [-0.05, 0) is 30.5 Å². The van der Waals surface area contributed by atoms with Gasteiger partial charge in [-0.25, -0.2) is 8.42 Å². The zero-order valence-electron chi connectivity index (χ0n) is 9.80. The van der Waals surface area contributed by atoms with Gasteiger partial charge in [0.05, 0.1) is 4.90 Å². The molecular formula is C12H15NO3S. The van der Waals surface area contributed by atoms with Crippen molar-refractivity contribution in [1.82, 2.24) is 0 Å². The maximum atomic E-state index is 11.7. The van der Waals surface area contributed by atoms with Crippen molar-refractivity contribution in [1.29, 1.82) is 0 Å². The second-order valence-corrected chi connectivity index (χ2v) is 6.62. The second kappa shape index (κ2) is 4.14. The van der Waals surface area contributed by atoms with Crippen LogP contribution in [0.25, 0.3) is 0 Å². The molecule has 0 heterocycles. The van der Waals surface area contributed by atoms with Gasteiger partial charge in [-0.2, -0.15) is 0 Å². The lowest BCUT2D eigenvalue weighted by molar-refractivity contribution is -0.117. The lowest BCUT2D eigenvalue weighted by Crippen LogP contribution is -2.14. The number of carbonyl (C=O) groups excluding carboxylic acids is 1. The Hall–Kier alpha value is -1.36. The predicted octanol–water partition coefficient (Wildman–Crippen LogP) is 1.68. The molecule has 1 saturated carbocycles. The van der Waals surface area contributed by atoms with E-state index in [9.17, 15) is 13.2 Å². The van der Waals surface area contributed by atoms with Crippen LogP contribution in [0.3, 0.4) is 0 Å². The minimum absolute atomic E-state index is 0.0249. The molecule has 17 heavy (non-hydrogen) atoms. The molecule has 1 aliphatic carbocycles. The van der Waals surface area contributed by atoms with Crippen molar-refractivity contribution in [2.45, 2.75) is 18.2 Å². The Balaban J connectivity index is 2.14. The second-order valence-electron chi connectivity index (χ2n) is 4.61. The lowest BCUT2D eigenvalue weighted by Gasteiger charge is -2.06. The van der Waals surface area contributed by atoms with E-state index in [4.69, 9.17) is 0 Å². The van der Waals surface area contributed by atoms with E-state index in [0.29, 0.717) is 11.6 Å². The van der Waals surface area contributed by atoms with Crippen molar-refractivity contribution in [3.63, 3.8) is 0 Å². The van der Waals surface area contributed by atoms with E-state index in [0.717, 1.165) is 12.7 Å². The number of nitrogens with one attached hydrogen (secondary N) is 1. The summed E-state index contributed by atoms with van der Waals surface area (Å²) in [5.41, 5.74) is 0.539. The molecule has 1 amide bonds. The number of sulfone groups is 1. The first-order chi connectivity index (χ1) is 7.88. The van der Waals surface area contributed by atoms with Crippen LogP contribution in [0, 0.1) is 11.8 Å². The maximum absolute atomic E-state index is 11.7. The van der Waals surface area contributed by atoms with E-state index in [1.165, 1.54) is 12.1 Å². The molecule has 1 aliphatic rings.